The molecule has 2 heterocycles. The van der Waals surface area contributed by atoms with Crippen molar-refractivity contribution in [1.82, 2.24) is 14.8 Å². The van der Waals surface area contributed by atoms with Gasteiger partial charge in [0, 0.05) is 11.4 Å². The number of aromatic nitrogens is 3. The molecule has 0 saturated heterocycles. The normalized spacial score (nSPS) is 14.7. The smallest absolute Gasteiger partial charge is 0.338 e. The first-order valence-electron chi connectivity index (χ1n) is 12.6. The van der Waals surface area contributed by atoms with Gasteiger partial charge in [-0.3, -0.25) is 0 Å². The van der Waals surface area contributed by atoms with Crippen LogP contribution >= 0.6 is 11.8 Å². The van der Waals surface area contributed by atoms with Crippen molar-refractivity contribution in [3.05, 3.63) is 70.4 Å². The van der Waals surface area contributed by atoms with E-state index in [0.717, 1.165) is 23.3 Å². The molecular formula is C28H34N4O4S. The van der Waals surface area contributed by atoms with Crippen LogP contribution in [-0.2, 0) is 16.1 Å². The maximum atomic E-state index is 13.1. The fraction of sp³-hybridized carbons (Fsp3) is 0.393. The third-order valence-corrected chi connectivity index (χ3v) is 6.91. The Bertz CT molecular complexity index is 1270. The van der Waals surface area contributed by atoms with E-state index in [4.69, 9.17) is 19.3 Å². The highest BCUT2D eigenvalue weighted by Gasteiger charge is 2.35. The summed E-state index contributed by atoms with van der Waals surface area (Å²) in [6.45, 7) is 10.9. The van der Waals surface area contributed by atoms with Crippen LogP contribution in [0, 0.1) is 6.92 Å². The molecule has 0 amide bonds. The van der Waals surface area contributed by atoms with Gasteiger partial charge in [0.25, 0.3) is 0 Å². The number of benzene rings is 2. The molecule has 3 aromatic rings. The lowest BCUT2D eigenvalue weighted by Gasteiger charge is -2.28. The molecule has 1 unspecified atom stereocenters. The van der Waals surface area contributed by atoms with Crippen LogP contribution < -0.4 is 14.8 Å². The molecule has 1 aromatic heterocycles. The van der Waals surface area contributed by atoms with Crippen LogP contribution in [0.3, 0.4) is 0 Å². The number of esters is 1. The maximum absolute atomic E-state index is 13.1. The van der Waals surface area contributed by atoms with E-state index in [0.29, 0.717) is 47.1 Å². The van der Waals surface area contributed by atoms with Crippen LogP contribution in [0.4, 0.5) is 5.95 Å². The molecule has 37 heavy (non-hydrogen) atoms. The number of rotatable bonds is 11. The Hall–Kier alpha value is -3.46. The topological polar surface area (TPSA) is 87.5 Å². The van der Waals surface area contributed by atoms with Gasteiger partial charge in [0.15, 0.2) is 11.5 Å². The van der Waals surface area contributed by atoms with Gasteiger partial charge in [-0.25, -0.2) is 9.48 Å². The number of hydrogen-bond donors (Lipinski definition) is 1. The molecular weight excluding hydrogens is 488 g/mol. The molecule has 2 aromatic carbocycles. The number of aryl methyl sites for hydroxylation is 1. The molecule has 196 valence electrons. The third-order valence-electron chi connectivity index (χ3n) is 5.86. The Morgan fingerprint density at radius 1 is 1.03 bits per heavy atom. The van der Waals surface area contributed by atoms with Crippen LogP contribution in [0.1, 0.15) is 56.8 Å². The molecule has 0 aliphatic carbocycles. The van der Waals surface area contributed by atoms with Crippen LogP contribution in [-0.4, -0.2) is 39.7 Å². The van der Waals surface area contributed by atoms with Crippen LogP contribution in [0.2, 0.25) is 0 Å². The van der Waals surface area contributed by atoms with Crippen molar-refractivity contribution in [1.29, 1.82) is 0 Å². The molecule has 0 saturated carbocycles. The molecule has 1 atom stereocenters. The monoisotopic (exact) mass is 522 g/mol. The minimum atomic E-state index is -0.524. The van der Waals surface area contributed by atoms with Crippen molar-refractivity contribution in [3.8, 4) is 11.5 Å². The Morgan fingerprint density at radius 2 is 1.81 bits per heavy atom. The number of ether oxygens (including phenoxy) is 3. The standard InChI is InChI=1S/C28H34N4O4S/c1-6-15-37-28-30-27-29-19(5)24(26(33)35-8-3)25(32(27)31-28)21-13-14-22(23(16-21)34-7-2)36-17-20-11-9-18(4)10-12-20/h9-14,16,25H,6-8,15,17H2,1-5H3,(H,29,30,31). The second-order valence-corrected chi connectivity index (χ2v) is 9.77. The third kappa shape index (κ3) is 6.10. The van der Waals surface area contributed by atoms with Crippen molar-refractivity contribution in [2.45, 2.75) is 58.8 Å². The van der Waals surface area contributed by atoms with E-state index in [9.17, 15) is 4.79 Å². The maximum Gasteiger partial charge on any atom is 0.338 e. The summed E-state index contributed by atoms with van der Waals surface area (Å²) in [6.07, 6.45) is 1.01. The van der Waals surface area contributed by atoms with Gasteiger partial charge in [-0.2, -0.15) is 4.98 Å². The average molecular weight is 523 g/mol. The lowest BCUT2D eigenvalue weighted by atomic mass is 9.95. The molecule has 0 fully saturated rings. The minimum Gasteiger partial charge on any atom is -0.490 e. The Labute approximate surface area is 222 Å². The summed E-state index contributed by atoms with van der Waals surface area (Å²) in [4.78, 5) is 17.8. The van der Waals surface area contributed by atoms with Gasteiger partial charge in [-0.1, -0.05) is 54.6 Å². The average Bonchev–Trinajstić information content (AvgIpc) is 3.29. The van der Waals surface area contributed by atoms with Crippen molar-refractivity contribution in [2.24, 2.45) is 0 Å². The number of carbonyl (C=O) groups is 1. The zero-order valence-corrected chi connectivity index (χ0v) is 22.9. The van der Waals surface area contributed by atoms with Crippen molar-refractivity contribution in [2.75, 3.05) is 24.3 Å². The highest BCUT2D eigenvalue weighted by atomic mass is 32.2. The molecule has 4 rings (SSSR count). The Balaban J connectivity index is 1.72. The Morgan fingerprint density at radius 3 is 2.51 bits per heavy atom. The molecule has 1 aliphatic rings. The molecule has 9 heteroatoms. The van der Waals surface area contributed by atoms with Gasteiger partial charge in [-0.15, -0.1) is 5.10 Å². The van der Waals surface area contributed by atoms with Gasteiger partial charge >= 0.3 is 5.97 Å². The molecule has 1 aliphatic heterocycles. The number of hydrogen-bond acceptors (Lipinski definition) is 8. The first kappa shape index (κ1) is 26.6. The summed E-state index contributed by atoms with van der Waals surface area (Å²) in [5.41, 5.74) is 4.28. The van der Waals surface area contributed by atoms with E-state index in [1.165, 1.54) is 5.56 Å². The summed E-state index contributed by atoms with van der Waals surface area (Å²) in [6, 6.07) is 13.5. The number of thioether (sulfide) groups is 1. The highest BCUT2D eigenvalue weighted by molar-refractivity contribution is 7.99. The number of allylic oxidation sites excluding steroid dienone is 1. The summed E-state index contributed by atoms with van der Waals surface area (Å²) in [5.74, 6) is 2.35. The predicted molar refractivity (Wildman–Crippen MR) is 145 cm³/mol. The Kier molecular flexibility index (Phi) is 8.76. The van der Waals surface area contributed by atoms with Crippen LogP contribution in [0.25, 0.3) is 0 Å². The zero-order valence-electron chi connectivity index (χ0n) is 22.0. The van der Waals surface area contributed by atoms with Crippen molar-refractivity contribution >= 4 is 23.7 Å². The molecule has 0 bridgehead atoms. The van der Waals surface area contributed by atoms with Crippen molar-refractivity contribution in [3.63, 3.8) is 0 Å². The molecule has 0 spiro atoms. The number of nitrogens with one attached hydrogen (secondary N) is 1. The minimum absolute atomic E-state index is 0.278. The van der Waals surface area contributed by atoms with Gasteiger partial charge in [-0.05, 0) is 57.4 Å². The number of nitrogens with zero attached hydrogens (tertiary/aromatic N) is 3. The largest absolute Gasteiger partial charge is 0.490 e. The lowest BCUT2D eigenvalue weighted by molar-refractivity contribution is -0.139. The van der Waals surface area contributed by atoms with E-state index < -0.39 is 6.04 Å². The lowest BCUT2D eigenvalue weighted by Crippen LogP contribution is -2.29. The zero-order chi connectivity index (χ0) is 26.4. The van der Waals surface area contributed by atoms with Crippen LogP contribution in [0.15, 0.2) is 58.9 Å². The van der Waals surface area contributed by atoms with Crippen LogP contribution in [0.5, 0.6) is 11.5 Å². The summed E-state index contributed by atoms with van der Waals surface area (Å²) < 4.78 is 19.3. The quantitative estimate of drug-likeness (QED) is 0.245. The second kappa shape index (κ2) is 12.2. The first-order chi connectivity index (χ1) is 17.9. The first-order valence-corrected chi connectivity index (χ1v) is 13.6. The molecule has 1 N–H and O–H groups in total. The summed E-state index contributed by atoms with van der Waals surface area (Å²) >= 11 is 1.59. The second-order valence-electron chi connectivity index (χ2n) is 8.71. The fourth-order valence-electron chi connectivity index (χ4n) is 4.09. The number of carbonyl (C=O) groups excluding carboxylic acids is 1. The van der Waals surface area contributed by atoms with Gasteiger partial charge in [0.05, 0.1) is 18.8 Å². The fourth-order valence-corrected chi connectivity index (χ4v) is 4.78. The summed E-state index contributed by atoms with van der Waals surface area (Å²) in [7, 11) is 0. The van der Waals surface area contributed by atoms with Crippen molar-refractivity contribution < 1.29 is 19.0 Å². The van der Waals surface area contributed by atoms with E-state index in [1.54, 1.807) is 23.4 Å². The summed E-state index contributed by atoms with van der Waals surface area (Å²) in [5, 5.41) is 8.65. The van der Waals surface area contributed by atoms with Gasteiger partial charge in [0.1, 0.15) is 12.6 Å². The molecule has 8 nitrogen and oxygen atoms in total. The predicted octanol–water partition coefficient (Wildman–Crippen LogP) is 5.92. The highest BCUT2D eigenvalue weighted by Crippen LogP contribution is 2.40. The molecule has 0 radical (unpaired) electrons. The number of fused-ring (bicyclic) bond motifs is 1. The van der Waals surface area contributed by atoms with E-state index in [-0.39, 0.29) is 12.6 Å². The van der Waals surface area contributed by atoms with Gasteiger partial charge < -0.3 is 19.5 Å². The van der Waals surface area contributed by atoms with E-state index in [1.807, 2.05) is 32.0 Å². The van der Waals surface area contributed by atoms with E-state index in [2.05, 4.69) is 48.4 Å². The van der Waals surface area contributed by atoms with E-state index >= 15 is 0 Å². The SMILES string of the molecule is CCCSc1nc2n(n1)C(c1ccc(OCc3ccc(C)cc3)c(OCC)c1)C(C(=O)OCC)=C(C)N2. The van der Waals surface area contributed by atoms with Gasteiger partial charge in [0.2, 0.25) is 11.1 Å². The number of anilines is 1.